The second kappa shape index (κ2) is 6.03. The van der Waals surface area contributed by atoms with Gasteiger partial charge in [-0.05, 0) is 48.8 Å². The lowest BCUT2D eigenvalue weighted by molar-refractivity contribution is 0.0240. The first-order valence-electron chi connectivity index (χ1n) is 7.69. The molecule has 0 saturated carbocycles. The molecule has 1 amide bonds. The topological polar surface area (TPSA) is 50.1 Å². The smallest absolute Gasteiger partial charge is 0.410 e. The highest BCUT2D eigenvalue weighted by Gasteiger charge is 2.26. The van der Waals surface area contributed by atoms with E-state index in [-0.39, 0.29) is 6.09 Å². The first-order chi connectivity index (χ1) is 10.8. The van der Waals surface area contributed by atoms with E-state index >= 15 is 0 Å². The van der Waals surface area contributed by atoms with Crippen molar-refractivity contribution in [1.82, 2.24) is 14.3 Å². The Bertz CT molecular complexity index is 714. The fourth-order valence-electron chi connectivity index (χ4n) is 2.70. The summed E-state index contributed by atoms with van der Waals surface area (Å²) in [6.45, 7) is 8.54. The van der Waals surface area contributed by atoms with Crippen molar-refractivity contribution in [1.29, 1.82) is 0 Å². The van der Waals surface area contributed by atoms with Crippen LogP contribution in [0.5, 0.6) is 0 Å². The largest absolute Gasteiger partial charge is 0.444 e. The van der Waals surface area contributed by atoms with Crippen LogP contribution in [-0.2, 0) is 4.74 Å². The third kappa shape index (κ3) is 3.44. The predicted octanol–water partition coefficient (Wildman–Crippen LogP) is 3.15. The summed E-state index contributed by atoms with van der Waals surface area (Å²) in [6, 6.07) is 4.10. The van der Waals surface area contributed by atoms with E-state index < -0.39 is 5.60 Å². The van der Waals surface area contributed by atoms with Crippen molar-refractivity contribution in [3.63, 3.8) is 0 Å². The number of aromatic nitrogens is 2. The summed E-state index contributed by atoms with van der Waals surface area (Å²) in [5.74, 6) is 0. The summed E-state index contributed by atoms with van der Waals surface area (Å²) in [5, 5.41) is 0. The molecule has 0 aliphatic carbocycles. The van der Waals surface area contributed by atoms with Gasteiger partial charge in [0, 0.05) is 32.4 Å². The third-order valence-corrected chi connectivity index (χ3v) is 4.36. The molecule has 23 heavy (non-hydrogen) atoms. The third-order valence-electron chi connectivity index (χ3n) is 3.78. The fraction of sp³-hybridized carbons (Fsp3) is 0.500. The van der Waals surface area contributed by atoms with Crippen LogP contribution in [-0.4, -0.2) is 52.2 Å². The van der Waals surface area contributed by atoms with Gasteiger partial charge in [0.2, 0.25) is 0 Å². The standard InChI is InChI=1S/C16H21BrN4O2/c1-16(2,3)23-15(22)20-9-7-19(8-10-20)12-5-4-6-21-13(12)11-18-14(21)17/h4-6,11H,7-10H2,1-3H3. The molecular formula is C16H21BrN4O2. The van der Waals surface area contributed by atoms with Crippen molar-refractivity contribution in [3.8, 4) is 0 Å². The summed E-state index contributed by atoms with van der Waals surface area (Å²) in [4.78, 5) is 20.5. The molecule has 1 aliphatic heterocycles. The fourth-order valence-corrected chi connectivity index (χ4v) is 3.11. The Labute approximate surface area is 144 Å². The second-order valence-electron chi connectivity index (χ2n) is 6.63. The van der Waals surface area contributed by atoms with Crippen LogP contribution in [0.15, 0.2) is 29.3 Å². The molecule has 0 N–H and O–H groups in total. The molecular weight excluding hydrogens is 360 g/mol. The van der Waals surface area contributed by atoms with Crippen LogP contribution < -0.4 is 4.90 Å². The minimum atomic E-state index is -0.455. The van der Waals surface area contributed by atoms with Crippen LogP contribution in [0.25, 0.3) is 5.52 Å². The number of piperazine rings is 1. The number of ether oxygens (including phenoxy) is 1. The van der Waals surface area contributed by atoms with E-state index in [0.29, 0.717) is 13.1 Å². The van der Waals surface area contributed by atoms with Gasteiger partial charge in [-0.25, -0.2) is 9.78 Å². The Kier molecular flexibility index (Phi) is 4.23. The molecule has 1 aliphatic rings. The summed E-state index contributed by atoms with van der Waals surface area (Å²) < 4.78 is 8.24. The van der Waals surface area contributed by atoms with Crippen molar-refractivity contribution in [2.45, 2.75) is 26.4 Å². The zero-order valence-electron chi connectivity index (χ0n) is 13.6. The maximum Gasteiger partial charge on any atom is 0.410 e. The Balaban J connectivity index is 1.70. The average Bonchev–Trinajstić information content (AvgIpc) is 2.87. The van der Waals surface area contributed by atoms with E-state index in [9.17, 15) is 4.79 Å². The lowest BCUT2D eigenvalue weighted by atomic mass is 10.2. The van der Waals surface area contributed by atoms with Crippen molar-refractivity contribution >= 4 is 33.2 Å². The number of fused-ring (bicyclic) bond motifs is 1. The maximum atomic E-state index is 12.1. The summed E-state index contributed by atoms with van der Waals surface area (Å²) in [5.41, 5.74) is 1.74. The second-order valence-corrected chi connectivity index (χ2v) is 7.34. The normalized spacial score (nSPS) is 16.0. The number of halogens is 1. The summed E-state index contributed by atoms with van der Waals surface area (Å²) >= 11 is 3.45. The Morgan fingerprint density at radius 2 is 1.96 bits per heavy atom. The number of rotatable bonds is 1. The van der Waals surface area contributed by atoms with Gasteiger partial charge in [-0.3, -0.25) is 4.40 Å². The van der Waals surface area contributed by atoms with E-state index in [1.165, 1.54) is 0 Å². The quantitative estimate of drug-likeness (QED) is 0.762. The first kappa shape index (κ1) is 16.1. The van der Waals surface area contributed by atoms with Gasteiger partial charge in [0.15, 0.2) is 4.73 Å². The number of carbonyl (C=O) groups excluding carboxylic acids is 1. The molecule has 1 fully saturated rings. The molecule has 0 spiro atoms. The molecule has 3 heterocycles. The van der Waals surface area contributed by atoms with Gasteiger partial charge >= 0.3 is 6.09 Å². The van der Waals surface area contributed by atoms with Crippen LogP contribution in [0.1, 0.15) is 20.8 Å². The molecule has 3 rings (SSSR count). The molecule has 2 aromatic heterocycles. The minimum Gasteiger partial charge on any atom is -0.444 e. The molecule has 0 radical (unpaired) electrons. The predicted molar refractivity (Wildman–Crippen MR) is 92.9 cm³/mol. The Hall–Kier alpha value is -1.76. The molecule has 1 saturated heterocycles. The molecule has 6 nitrogen and oxygen atoms in total. The van der Waals surface area contributed by atoms with Gasteiger partial charge in [-0.2, -0.15) is 0 Å². The number of carbonyl (C=O) groups is 1. The van der Waals surface area contributed by atoms with E-state index in [1.807, 2.05) is 43.6 Å². The van der Waals surface area contributed by atoms with Crippen LogP contribution in [0.2, 0.25) is 0 Å². The lowest BCUT2D eigenvalue weighted by Gasteiger charge is -2.36. The van der Waals surface area contributed by atoms with E-state index in [0.717, 1.165) is 29.0 Å². The van der Waals surface area contributed by atoms with Crippen molar-refractivity contribution in [3.05, 3.63) is 29.3 Å². The van der Waals surface area contributed by atoms with Crippen LogP contribution in [0, 0.1) is 0 Å². The number of imidazole rings is 1. The minimum absolute atomic E-state index is 0.234. The highest BCUT2D eigenvalue weighted by atomic mass is 79.9. The molecule has 2 aromatic rings. The molecule has 124 valence electrons. The molecule has 7 heteroatoms. The Morgan fingerprint density at radius 3 is 2.61 bits per heavy atom. The highest BCUT2D eigenvalue weighted by molar-refractivity contribution is 9.10. The maximum absolute atomic E-state index is 12.1. The number of hydrogen-bond donors (Lipinski definition) is 0. The van der Waals surface area contributed by atoms with Gasteiger partial charge in [0.25, 0.3) is 0 Å². The van der Waals surface area contributed by atoms with Crippen molar-refractivity contribution in [2.75, 3.05) is 31.1 Å². The molecule has 0 bridgehead atoms. The van der Waals surface area contributed by atoms with Gasteiger partial charge in [-0.15, -0.1) is 0 Å². The summed E-state index contributed by atoms with van der Waals surface area (Å²) in [7, 11) is 0. The molecule has 0 unspecified atom stereocenters. The zero-order chi connectivity index (χ0) is 16.6. The number of anilines is 1. The SMILES string of the molecule is CC(C)(C)OC(=O)N1CCN(c2cccn3c(Br)ncc23)CC1. The zero-order valence-corrected chi connectivity index (χ0v) is 15.2. The van der Waals surface area contributed by atoms with Gasteiger partial charge in [0.05, 0.1) is 17.4 Å². The van der Waals surface area contributed by atoms with Gasteiger partial charge in [-0.1, -0.05) is 0 Å². The van der Waals surface area contributed by atoms with Crippen LogP contribution in [0.4, 0.5) is 10.5 Å². The molecule has 0 atom stereocenters. The number of hydrogen-bond acceptors (Lipinski definition) is 4. The molecule has 0 aromatic carbocycles. The van der Waals surface area contributed by atoms with E-state index in [1.54, 1.807) is 4.90 Å². The van der Waals surface area contributed by atoms with Crippen molar-refractivity contribution in [2.24, 2.45) is 0 Å². The monoisotopic (exact) mass is 380 g/mol. The van der Waals surface area contributed by atoms with E-state index in [4.69, 9.17) is 4.74 Å². The summed E-state index contributed by atoms with van der Waals surface area (Å²) in [6.07, 6.45) is 3.61. The van der Waals surface area contributed by atoms with Crippen molar-refractivity contribution < 1.29 is 9.53 Å². The number of nitrogens with zero attached hydrogens (tertiary/aromatic N) is 4. The van der Waals surface area contributed by atoms with Gasteiger partial charge in [0.1, 0.15) is 5.60 Å². The Morgan fingerprint density at radius 1 is 1.26 bits per heavy atom. The van der Waals surface area contributed by atoms with Gasteiger partial charge < -0.3 is 14.5 Å². The van der Waals surface area contributed by atoms with Crippen LogP contribution >= 0.6 is 15.9 Å². The number of pyridine rings is 1. The highest BCUT2D eigenvalue weighted by Crippen LogP contribution is 2.25. The first-order valence-corrected chi connectivity index (χ1v) is 8.49. The van der Waals surface area contributed by atoms with Crippen LogP contribution in [0.3, 0.4) is 0 Å². The number of amides is 1. The lowest BCUT2D eigenvalue weighted by Crippen LogP contribution is -2.50. The average molecular weight is 381 g/mol. The van der Waals surface area contributed by atoms with E-state index in [2.05, 4.69) is 31.9 Å².